The van der Waals surface area contributed by atoms with E-state index in [1.54, 1.807) is 0 Å². The summed E-state index contributed by atoms with van der Waals surface area (Å²) in [6.45, 7) is 1.87. The fourth-order valence-electron chi connectivity index (χ4n) is 1.68. The van der Waals surface area contributed by atoms with Crippen molar-refractivity contribution in [1.29, 1.82) is 0 Å². The number of benzene rings is 1. The van der Waals surface area contributed by atoms with Crippen LogP contribution in [0.2, 0.25) is 0 Å². The molecule has 0 radical (unpaired) electrons. The van der Waals surface area contributed by atoms with Crippen molar-refractivity contribution < 1.29 is 19.4 Å². The van der Waals surface area contributed by atoms with Crippen molar-refractivity contribution in [2.45, 2.75) is 26.3 Å². The van der Waals surface area contributed by atoms with Gasteiger partial charge in [0.2, 0.25) is 5.91 Å². The van der Waals surface area contributed by atoms with Gasteiger partial charge in [-0.1, -0.05) is 30.3 Å². The molecule has 0 aliphatic carbocycles. The number of hydrogen-bond acceptors (Lipinski definition) is 4. The minimum atomic E-state index is -0.378. The van der Waals surface area contributed by atoms with Gasteiger partial charge in [0.1, 0.15) is 0 Å². The Labute approximate surface area is 118 Å². The van der Waals surface area contributed by atoms with E-state index in [2.05, 4.69) is 5.32 Å². The summed E-state index contributed by atoms with van der Waals surface area (Å²) in [5.74, 6) is -0.645. The smallest absolute Gasteiger partial charge is 0.302 e. The van der Waals surface area contributed by atoms with E-state index in [0.717, 1.165) is 5.56 Å². The first-order chi connectivity index (χ1) is 9.61. The monoisotopic (exact) mass is 279 g/mol. The molecule has 1 amide bonds. The Hall–Kier alpha value is -1.88. The Kier molecular flexibility index (Phi) is 7.35. The number of aliphatic hydroxyl groups excluding tert-OH is 1. The molecule has 0 aliphatic heterocycles. The van der Waals surface area contributed by atoms with E-state index in [1.807, 2.05) is 30.3 Å². The number of carbonyl (C=O) groups is 2. The molecule has 0 heterocycles. The van der Waals surface area contributed by atoms with Crippen molar-refractivity contribution in [3.63, 3.8) is 0 Å². The van der Waals surface area contributed by atoms with Crippen LogP contribution in [0.4, 0.5) is 0 Å². The number of rotatable bonds is 8. The highest BCUT2D eigenvalue weighted by molar-refractivity contribution is 5.75. The van der Waals surface area contributed by atoms with Gasteiger partial charge in [0, 0.05) is 32.4 Å². The van der Waals surface area contributed by atoms with Gasteiger partial charge in [-0.3, -0.25) is 9.59 Å². The molecule has 0 unspecified atom stereocenters. The van der Waals surface area contributed by atoms with Crippen LogP contribution >= 0.6 is 0 Å². The van der Waals surface area contributed by atoms with Gasteiger partial charge < -0.3 is 15.2 Å². The van der Waals surface area contributed by atoms with E-state index >= 15 is 0 Å². The molecule has 5 heteroatoms. The fourth-order valence-corrected chi connectivity index (χ4v) is 1.68. The molecular weight excluding hydrogens is 258 g/mol. The molecule has 1 aromatic rings. The fraction of sp³-hybridized carbons (Fsp3) is 0.467. The molecule has 1 atom stereocenters. The number of nitrogens with one attached hydrogen (secondary N) is 1. The van der Waals surface area contributed by atoms with Crippen LogP contribution in [-0.4, -0.2) is 30.2 Å². The molecule has 5 nitrogen and oxygen atoms in total. The minimum absolute atomic E-state index is 0.0740. The van der Waals surface area contributed by atoms with Gasteiger partial charge in [-0.15, -0.1) is 0 Å². The molecule has 0 aliphatic rings. The summed E-state index contributed by atoms with van der Waals surface area (Å²) in [7, 11) is 0. The highest BCUT2D eigenvalue weighted by Crippen LogP contribution is 2.07. The zero-order chi connectivity index (χ0) is 14.8. The van der Waals surface area contributed by atoms with Gasteiger partial charge in [0.05, 0.1) is 6.61 Å². The Morgan fingerprint density at radius 1 is 1.30 bits per heavy atom. The standard InChI is InChI=1S/C15H21NO4/c1-12(18)20-11-14(10-17)7-8-15(19)16-9-13-5-3-2-4-6-13/h2-6,14,17H,7-11H2,1H3,(H,16,19)/t14-/m1/s1. The second-order valence-electron chi connectivity index (χ2n) is 4.65. The van der Waals surface area contributed by atoms with E-state index in [-0.39, 0.29) is 31.0 Å². The highest BCUT2D eigenvalue weighted by Gasteiger charge is 2.12. The summed E-state index contributed by atoms with van der Waals surface area (Å²) >= 11 is 0. The maximum atomic E-state index is 11.7. The van der Waals surface area contributed by atoms with Gasteiger partial charge in [-0.05, 0) is 12.0 Å². The van der Waals surface area contributed by atoms with E-state index in [0.29, 0.717) is 19.4 Å². The molecule has 0 saturated heterocycles. The normalized spacial score (nSPS) is 11.7. The van der Waals surface area contributed by atoms with Crippen LogP contribution in [0.5, 0.6) is 0 Å². The zero-order valence-corrected chi connectivity index (χ0v) is 11.7. The number of amides is 1. The van der Waals surface area contributed by atoms with Gasteiger partial charge in [-0.25, -0.2) is 0 Å². The Morgan fingerprint density at radius 2 is 2.00 bits per heavy atom. The van der Waals surface area contributed by atoms with E-state index in [4.69, 9.17) is 9.84 Å². The molecule has 2 N–H and O–H groups in total. The average molecular weight is 279 g/mol. The van der Waals surface area contributed by atoms with Gasteiger partial charge >= 0.3 is 5.97 Å². The Balaban J connectivity index is 2.22. The third-order valence-electron chi connectivity index (χ3n) is 2.89. The summed E-state index contributed by atoms with van der Waals surface area (Å²) < 4.78 is 4.83. The summed E-state index contributed by atoms with van der Waals surface area (Å²) in [6, 6.07) is 9.64. The quantitative estimate of drug-likeness (QED) is 0.702. The molecule has 1 aromatic carbocycles. The predicted molar refractivity (Wildman–Crippen MR) is 74.7 cm³/mol. The predicted octanol–water partition coefficient (Wildman–Crippen LogP) is 1.25. The van der Waals surface area contributed by atoms with Crippen LogP contribution in [0.1, 0.15) is 25.3 Å². The molecule has 0 saturated carbocycles. The van der Waals surface area contributed by atoms with Gasteiger partial charge in [-0.2, -0.15) is 0 Å². The molecule has 0 bridgehead atoms. The van der Waals surface area contributed by atoms with E-state index in [1.165, 1.54) is 6.92 Å². The van der Waals surface area contributed by atoms with Crippen molar-refractivity contribution >= 4 is 11.9 Å². The van der Waals surface area contributed by atoms with Crippen molar-refractivity contribution in [1.82, 2.24) is 5.32 Å². The van der Waals surface area contributed by atoms with E-state index < -0.39 is 0 Å². The number of aliphatic hydroxyl groups is 1. The van der Waals surface area contributed by atoms with Crippen LogP contribution in [-0.2, 0) is 20.9 Å². The first-order valence-electron chi connectivity index (χ1n) is 6.66. The largest absolute Gasteiger partial charge is 0.465 e. The second-order valence-corrected chi connectivity index (χ2v) is 4.65. The average Bonchev–Trinajstić information content (AvgIpc) is 2.46. The molecule has 0 spiro atoms. The molecular formula is C15H21NO4. The lowest BCUT2D eigenvalue weighted by Gasteiger charge is -2.13. The first kappa shape index (κ1) is 16.2. The van der Waals surface area contributed by atoms with Gasteiger partial charge in [0.25, 0.3) is 0 Å². The van der Waals surface area contributed by atoms with Crippen molar-refractivity contribution in [2.24, 2.45) is 5.92 Å². The number of ether oxygens (including phenoxy) is 1. The van der Waals surface area contributed by atoms with Crippen LogP contribution in [0.15, 0.2) is 30.3 Å². The minimum Gasteiger partial charge on any atom is -0.465 e. The molecule has 1 rings (SSSR count). The van der Waals surface area contributed by atoms with Gasteiger partial charge in [0.15, 0.2) is 0 Å². The number of hydrogen-bond donors (Lipinski definition) is 2. The molecule has 0 fully saturated rings. The van der Waals surface area contributed by atoms with Crippen molar-refractivity contribution in [3.8, 4) is 0 Å². The first-order valence-corrected chi connectivity index (χ1v) is 6.66. The third-order valence-corrected chi connectivity index (χ3v) is 2.89. The van der Waals surface area contributed by atoms with Crippen molar-refractivity contribution in [3.05, 3.63) is 35.9 Å². The molecule has 0 aromatic heterocycles. The molecule has 110 valence electrons. The Bertz CT molecular complexity index is 419. The SMILES string of the molecule is CC(=O)OC[C@@H](CO)CCC(=O)NCc1ccccc1. The van der Waals surface area contributed by atoms with Crippen LogP contribution in [0.25, 0.3) is 0 Å². The van der Waals surface area contributed by atoms with Crippen LogP contribution in [0, 0.1) is 5.92 Å². The highest BCUT2D eigenvalue weighted by atomic mass is 16.5. The lowest BCUT2D eigenvalue weighted by atomic mass is 10.1. The summed E-state index contributed by atoms with van der Waals surface area (Å²) in [5.41, 5.74) is 1.04. The lowest BCUT2D eigenvalue weighted by molar-refractivity contribution is -0.142. The topological polar surface area (TPSA) is 75.6 Å². The number of carbonyl (C=O) groups excluding carboxylic acids is 2. The summed E-state index contributed by atoms with van der Waals surface area (Å²) in [4.78, 5) is 22.4. The van der Waals surface area contributed by atoms with E-state index in [9.17, 15) is 9.59 Å². The summed E-state index contributed by atoms with van der Waals surface area (Å²) in [5, 5.41) is 12.0. The molecule has 20 heavy (non-hydrogen) atoms. The lowest BCUT2D eigenvalue weighted by Crippen LogP contribution is -2.25. The van der Waals surface area contributed by atoms with Crippen LogP contribution < -0.4 is 5.32 Å². The van der Waals surface area contributed by atoms with Crippen LogP contribution in [0.3, 0.4) is 0 Å². The Morgan fingerprint density at radius 3 is 2.60 bits per heavy atom. The maximum Gasteiger partial charge on any atom is 0.302 e. The third kappa shape index (κ3) is 6.89. The number of esters is 1. The zero-order valence-electron chi connectivity index (χ0n) is 11.7. The maximum absolute atomic E-state index is 11.7. The van der Waals surface area contributed by atoms with Crippen molar-refractivity contribution in [2.75, 3.05) is 13.2 Å². The second kappa shape index (κ2) is 9.09. The summed E-state index contributed by atoms with van der Waals surface area (Å²) in [6.07, 6.45) is 0.795.